The maximum Gasteiger partial charge on any atom is 0.328 e. The number of ether oxygens (including phenoxy) is 1. The minimum Gasteiger partial charge on any atom is -0.467 e. The first-order chi connectivity index (χ1) is 9.47. The first-order valence-corrected chi connectivity index (χ1v) is 7.99. The summed E-state index contributed by atoms with van der Waals surface area (Å²) in [6.07, 6.45) is 2.41. The Kier molecular flexibility index (Phi) is 6.80. The molecule has 0 spiro atoms. The number of nitrogens with two attached hydrogens (primary N) is 1. The molecule has 1 amide bonds. The molecule has 20 heavy (non-hydrogen) atoms. The smallest absolute Gasteiger partial charge is 0.328 e. The topological polar surface area (TPSA) is 94.3 Å². The highest BCUT2D eigenvalue weighted by Gasteiger charge is 2.26. The molecule has 1 rings (SSSR count). The molecule has 0 fully saturated rings. The largest absolute Gasteiger partial charge is 0.467 e. The average Bonchev–Trinajstić information content (AvgIpc) is 2.86. The predicted molar refractivity (Wildman–Crippen MR) is 80.7 cm³/mol. The van der Waals surface area contributed by atoms with Gasteiger partial charge >= 0.3 is 5.97 Å². The van der Waals surface area contributed by atoms with E-state index in [4.69, 9.17) is 10.5 Å². The number of nitrogens with one attached hydrogen (secondary N) is 1. The standard InChI is InChI=1S/C12H19N3O3S2/c1-4-7(2)10(11(17)18-3)15-8(16)6-19-9-5-14-12(13)20-9/h5,7,10H,4,6H2,1-3H3,(H2,13,14)(H,15,16). The highest BCUT2D eigenvalue weighted by Crippen LogP contribution is 2.26. The molecule has 0 aliphatic heterocycles. The molecule has 0 bridgehead atoms. The number of rotatable bonds is 7. The quantitative estimate of drug-likeness (QED) is 0.585. The van der Waals surface area contributed by atoms with Crippen LogP contribution in [0.4, 0.5) is 5.13 Å². The highest BCUT2D eigenvalue weighted by molar-refractivity contribution is 8.01. The summed E-state index contributed by atoms with van der Waals surface area (Å²) in [5, 5.41) is 3.19. The van der Waals surface area contributed by atoms with Crippen LogP contribution in [0, 0.1) is 5.92 Å². The Balaban J connectivity index is 2.51. The zero-order chi connectivity index (χ0) is 15.1. The number of nitrogen functional groups attached to an aromatic ring is 1. The van der Waals surface area contributed by atoms with Crippen molar-refractivity contribution in [1.29, 1.82) is 0 Å². The highest BCUT2D eigenvalue weighted by atomic mass is 32.2. The zero-order valence-electron chi connectivity index (χ0n) is 11.7. The van der Waals surface area contributed by atoms with Crippen LogP contribution < -0.4 is 11.1 Å². The van der Waals surface area contributed by atoms with Crippen molar-refractivity contribution in [2.75, 3.05) is 18.6 Å². The summed E-state index contributed by atoms with van der Waals surface area (Å²) in [6, 6.07) is -0.607. The fourth-order valence-corrected chi connectivity index (χ4v) is 3.06. The maximum atomic E-state index is 11.9. The van der Waals surface area contributed by atoms with Gasteiger partial charge in [-0.1, -0.05) is 31.6 Å². The van der Waals surface area contributed by atoms with Gasteiger partial charge in [0.15, 0.2) is 5.13 Å². The number of amides is 1. The van der Waals surface area contributed by atoms with E-state index in [0.29, 0.717) is 5.13 Å². The Labute approximate surface area is 126 Å². The second kappa shape index (κ2) is 8.11. The fraction of sp³-hybridized carbons (Fsp3) is 0.583. The van der Waals surface area contributed by atoms with Crippen LogP contribution in [0.25, 0.3) is 0 Å². The Hall–Kier alpha value is -1.28. The maximum absolute atomic E-state index is 11.9. The van der Waals surface area contributed by atoms with Gasteiger partial charge in [-0.05, 0) is 5.92 Å². The van der Waals surface area contributed by atoms with E-state index in [1.165, 1.54) is 30.2 Å². The summed E-state index contributed by atoms with van der Waals surface area (Å²) in [5.41, 5.74) is 5.51. The van der Waals surface area contributed by atoms with E-state index in [2.05, 4.69) is 10.3 Å². The van der Waals surface area contributed by atoms with E-state index in [-0.39, 0.29) is 17.6 Å². The van der Waals surface area contributed by atoms with Gasteiger partial charge < -0.3 is 15.8 Å². The molecule has 2 atom stereocenters. The lowest BCUT2D eigenvalue weighted by molar-refractivity contribution is -0.146. The third kappa shape index (κ3) is 5.01. The van der Waals surface area contributed by atoms with Crippen molar-refractivity contribution in [3.05, 3.63) is 6.20 Å². The minimum absolute atomic E-state index is 0.0236. The Morgan fingerprint density at radius 3 is 2.80 bits per heavy atom. The molecule has 6 nitrogen and oxygen atoms in total. The molecule has 0 radical (unpaired) electrons. The van der Waals surface area contributed by atoms with E-state index in [1.807, 2.05) is 13.8 Å². The molecule has 3 N–H and O–H groups in total. The number of aromatic nitrogens is 1. The van der Waals surface area contributed by atoms with E-state index in [9.17, 15) is 9.59 Å². The van der Waals surface area contributed by atoms with Gasteiger partial charge in [-0.2, -0.15) is 0 Å². The minimum atomic E-state index is -0.607. The lowest BCUT2D eigenvalue weighted by atomic mass is 9.99. The summed E-state index contributed by atoms with van der Waals surface area (Å²) >= 11 is 2.67. The van der Waals surface area contributed by atoms with Crippen LogP contribution in [0.3, 0.4) is 0 Å². The molecule has 0 saturated carbocycles. The molecular weight excluding hydrogens is 298 g/mol. The number of methoxy groups -OCH3 is 1. The van der Waals surface area contributed by atoms with E-state index < -0.39 is 12.0 Å². The van der Waals surface area contributed by atoms with Gasteiger partial charge in [-0.3, -0.25) is 4.79 Å². The van der Waals surface area contributed by atoms with Crippen LogP contribution in [-0.4, -0.2) is 35.8 Å². The van der Waals surface area contributed by atoms with Crippen molar-refractivity contribution < 1.29 is 14.3 Å². The summed E-state index contributed by atoms with van der Waals surface area (Å²) in [5.74, 6) is -0.390. The third-order valence-electron chi connectivity index (χ3n) is 2.83. The van der Waals surface area contributed by atoms with Crippen molar-refractivity contribution >= 4 is 40.1 Å². The van der Waals surface area contributed by atoms with Crippen LogP contribution in [0.1, 0.15) is 20.3 Å². The van der Waals surface area contributed by atoms with Crippen molar-refractivity contribution in [2.45, 2.75) is 30.5 Å². The van der Waals surface area contributed by atoms with Crippen LogP contribution >= 0.6 is 23.1 Å². The number of thiazole rings is 1. The number of esters is 1. The first-order valence-electron chi connectivity index (χ1n) is 6.19. The lowest BCUT2D eigenvalue weighted by Gasteiger charge is -2.21. The Morgan fingerprint density at radius 1 is 1.60 bits per heavy atom. The summed E-state index contributed by atoms with van der Waals surface area (Å²) in [7, 11) is 1.32. The molecule has 2 unspecified atom stereocenters. The number of nitrogens with zero attached hydrogens (tertiary/aromatic N) is 1. The number of thioether (sulfide) groups is 1. The van der Waals surface area contributed by atoms with Gasteiger partial charge in [0.05, 0.1) is 23.3 Å². The third-order valence-corrected chi connectivity index (χ3v) is 4.85. The molecule has 1 aromatic heterocycles. The van der Waals surface area contributed by atoms with Crippen molar-refractivity contribution in [3.63, 3.8) is 0 Å². The van der Waals surface area contributed by atoms with E-state index >= 15 is 0 Å². The number of carbonyl (C=O) groups is 2. The van der Waals surface area contributed by atoms with Crippen molar-refractivity contribution in [2.24, 2.45) is 5.92 Å². The summed E-state index contributed by atoms with van der Waals surface area (Å²) in [4.78, 5) is 27.5. The second-order valence-electron chi connectivity index (χ2n) is 4.26. The number of anilines is 1. The lowest BCUT2D eigenvalue weighted by Crippen LogP contribution is -2.46. The van der Waals surface area contributed by atoms with Gasteiger partial charge in [0, 0.05) is 0 Å². The fourth-order valence-electron chi connectivity index (χ4n) is 1.49. The Morgan fingerprint density at radius 2 is 2.30 bits per heavy atom. The van der Waals surface area contributed by atoms with E-state index in [0.717, 1.165) is 10.6 Å². The predicted octanol–water partition coefficient (Wildman–Crippen LogP) is 1.52. The van der Waals surface area contributed by atoms with Crippen LogP contribution in [0.2, 0.25) is 0 Å². The van der Waals surface area contributed by atoms with Gasteiger partial charge in [-0.25, -0.2) is 9.78 Å². The molecule has 112 valence electrons. The normalized spacial score (nSPS) is 13.6. The van der Waals surface area contributed by atoms with Crippen molar-refractivity contribution in [3.8, 4) is 0 Å². The number of hydrogen-bond donors (Lipinski definition) is 2. The zero-order valence-corrected chi connectivity index (χ0v) is 13.3. The van der Waals surface area contributed by atoms with Crippen LogP contribution in [0.15, 0.2) is 10.4 Å². The van der Waals surface area contributed by atoms with E-state index in [1.54, 1.807) is 6.20 Å². The van der Waals surface area contributed by atoms with Gasteiger partial charge in [0.1, 0.15) is 6.04 Å². The molecule has 0 aromatic carbocycles. The molecule has 1 aromatic rings. The monoisotopic (exact) mass is 317 g/mol. The van der Waals surface area contributed by atoms with Gasteiger partial charge in [-0.15, -0.1) is 11.8 Å². The number of carbonyl (C=O) groups excluding carboxylic acids is 2. The molecular formula is C12H19N3O3S2. The van der Waals surface area contributed by atoms with Crippen molar-refractivity contribution in [1.82, 2.24) is 10.3 Å². The molecule has 1 heterocycles. The molecule has 8 heteroatoms. The molecule has 0 aliphatic carbocycles. The number of hydrogen-bond acceptors (Lipinski definition) is 7. The molecule has 0 aliphatic rings. The Bertz CT molecular complexity index is 465. The van der Waals surface area contributed by atoms with Gasteiger partial charge in [0.2, 0.25) is 5.91 Å². The average molecular weight is 317 g/mol. The van der Waals surface area contributed by atoms with Crippen LogP contribution in [0.5, 0.6) is 0 Å². The molecule has 0 saturated heterocycles. The SMILES string of the molecule is CCC(C)C(NC(=O)CSc1cnc(N)s1)C(=O)OC. The van der Waals surface area contributed by atoms with Gasteiger partial charge in [0.25, 0.3) is 0 Å². The van der Waals surface area contributed by atoms with Crippen LogP contribution in [-0.2, 0) is 14.3 Å². The first kappa shape index (κ1) is 16.8. The summed E-state index contributed by atoms with van der Waals surface area (Å²) in [6.45, 7) is 3.86. The second-order valence-corrected chi connectivity index (χ2v) is 6.60. The summed E-state index contributed by atoms with van der Waals surface area (Å²) < 4.78 is 5.59.